The van der Waals surface area contributed by atoms with Gasteiger partial charge in [-0.15, -0.1) is 0 Å². The van der Waals surface area contributed by atoms with Gasteiger partial charge in [0.15, 0.2) is 0 Å². The first-order valence-corrected chi connectivity index (χ1v) is 9.67. The maximum absolute atomic E-state index is 5.10. The summed E-state index contributed by atoms with van der Waals surface area (Å²) in [5.41, 5.74) is 8.00. The van der Waals surface area contributed by atoms with Crippen molar-refractivity contribution in [3.8, 4) is 11.3 Å². The maximum Gasteiger partial charge on any atom is 0.0702 e. The minimum atomic E-state index is 0.440. The van der Waals surface area contributed by atoms with Crippen LogP contribution in [-0.4, -0.2) is 10.7 Å². The minimum Gasteiger partial charge on any atom is -0.256 e. The van der Waals surface area contributed by atoms with Crippen LogP contribution in [0, 0.1) is 0 Å². The number of hydrogen-bond donors (Lipinski definition) is 0. The van der Waals surface area contributed by atoms with Crippen molar-refractivity contribution in [2.45, 2.75) is 46.5 Å². The van der Waals surface area contributed by atoms with Crippen LogP contribution in [0.4, 0.5) is 5.69 Å². The van der Waals surface area contributed by atoms with Crippen LogP contribution in [-0.2, 0) is 0 Å². The lowest BCUT2D eigenvalue weighted by Crippen LogP contribution is -1.99. The fraction of sp³-hybridized carbons (Fsp3) is 0.280. The number of para-hydroxylation sites is 1. The molecule has 0 N–H and O–H groups in total. The van der Waals surface area contributed by atoms with E-state index < -0.39 is 0 Å². The van der Waals surface area contributed by atoms with Gasteiger partial charge in [0.1, 0.15) is 0 Å². The van der Waals surface area contributed by atoms with Gasteiger partial charge in [-0.3, -0.25) is 9.98 Å². The highest BCUT2D eigenvalue weighted by Gasteiger charge is 2.14. The van der Waals surface area contributed by atoms with Crippen LogP contribution in [0.3, 0.4) is 0 Å². The topological polar surface area (TPSA) is 25.2 Å². The zero-order valence-corrected chi connectivity index (χ0v) is 16.9. The van der Waals surface area contributed by atoms with Crippen LogP contribution in [0.25, 0.3) is 11.3 Å². The molecular formula is C25H28N2. The van der Waals surface area contributed by atoms with Crippen LogP contribution in [0.2, 0.25) is 0 Å². The van der Waals surface area contributed by atoms with E-state index in [4.69, 9.17) is 4.99 Å². The molecule has 27 heavy (non-hydrogen) atoms. The maximum atomic E-state index is 5.10. The van der Waals surface area contributed by atoms with Gasteiger partial charge in [0.2, 0.25) is 0 Å². The highest BCUT2D eigenvalue weighted by Crippen LogP contribution is 2.35. The van der Waals surface area contributed by atoms with Gasteiger partial charge in [0.25, 0.3) is 0 Å². The zero-order valence-electron chi connectivity index (χ0n) is 16.9. The average Bonchev–Trinajstić information content (AvgIpc) is 2.68. The molecule has 1 aromatic heterocycles. The van der Waals surface area contributed by atoms with E-state index in [1.807, 2.05) is 24.4 Å². The van der Waals surface area contributed by atoms with E-state index in [0.29, 0.717) is 11.8 Å². The molecule has 0 aliphatic heterocycles. The number of pyridine rings is 1. The molecule has 2 heteroatoms. The van der Waals surface area contributed by atoms with Gasteiger partial charge in [0, 0.05) is 17.5 Å². The highest BCUT2D eigenvalue weighted by molar-refractivity contribution is 6.01. The molecule has 0 bridgehead atoms. The number of aromatic nitrogens is 1. The Labute approximate surface area is 163 Å². The summed E-state index contributed by atoms with van der Waals surface area (Å²) in [6.45, 7) is 11.0. The SMILES string of the molecule is C/C(=N\c1c(C(C)C)cccc1C(C)C)c1cccc(-c2ccccn2)c1. The van der Waals surface area contributed by atoms with Crippen molar-refractivity contribution in [2.75, 3.05) is 0 Å². The molecular weight excluding hydrogens is 328 g/mol. The predicted octanol–water partition coefficient (Wildman–Crippen LogP) is 7.14. The number of rotatable bonds is 5. The highest BCUT2D eigenvalue weighted by atomic mass is 14.8. The van der Waals surface area contributed by atoms with Gasteiger partial charge in [-0.1, -0.05) is 70.2 Å². The molecule has 0 radical (unpaired) electrons. The Kier molecular flexibility index (Phi) is 5.85. The molecule has 0 saturated heterocycles. The number of nitrogens with zero attached hydrogens (tertiary/aromatic N) is 2. The lowest BCUT2D eigenvalue weighted by atomic mass is 9.92. The Hall–Kier alpha value is -2.74. The molecule has 2 aromatic carbocycles. The molecule has 0 amide bonds. The lowest BCUT2D eigenvalue weighted by molar-refractivity contribution is 0.834. The van der Waals surface area contributed by atoms with Crippen molar-refractivity contribution < 1.29 is 0 Å². The van der Waals surface area contributed by atoms with E-state index in [1.165, 1.54) is 11.1 Å². The molecule has 138 valence electrons. The molecule has 0 aliphatic rings. The van der Waals surface area contributed by atoms with Crippen molar-refractivity contribution in [1.82, 2.24) is 4.98 Å². The first-order chi connectivity index (χ1) is 13.0. The summed E-state index contributed by atoms with van der Waals surface area (Å²) in [5.74, 6) is 0.880. The standard InChI is InChI=1S/C25H28N2/c1-17(2)22-12-9-13-23(18(3)4)25(22)27-19(5)20-10-8-11-21(16-20)24-14-6-7-15-26-24/h6-18H,1-5H3/b27-19+. The van der Waals surface area contributed by atoms with Crippen molar-refractivity contribution in [3.05, 3.63) is 83.6 Å². The molecule has 3 rings (SSSR count). The fourth-order valence-corrected chi connectivity index (χ4v) is 3.31. The molecule has 0 atom stereocenters. The molecule has 0 fully saturated rings. The smallest absolute Gasteiger partial charge is 0.0702 e. The quantitative estimate of drug-likeness (QED) is 0.446. The summed E-state index contributed by atoms with van der Waals surface area (Å²) >= 11 is 0. The zero-order chi connectivity index (χ0) is 19.4. The van der Waals surface area contributed by atoms with Gasteiger partial charge in [-0.2, -0.15) is 0 Å². The summed E-state index contributed by atoms with van der Waals surface area (Å²) < 4.78 is 0. The van der Waals surface area contributed by atoms with Gasteiger partial charge in [0.05, 0.1) is 11.4 Å². The monoisotopic (exact) mass is 356 g/mol. The normalized spacial score (nSPS) is 12.0. The Balaban J connectivity index is 2.07. The Bertz CT molecular complexity index is 911. The second-order valence-electron chi connectivity index (χ2n) is 7.59. The van der Waals surface area contributed by atoms with Crippen LogP contribution in [0.15, 0.2) is 71.9 Å². The van der Waals surface area contributed by atoms with E-state index in [-0.39, 0.29) is 0 Å². The van der Waals surface area contributed by atoms with E-state index in [0.717, 1.165) is 28.2 Å². The minimum absolute atomic E-state index is 0.440. The van der Waals surface area contributed by atoms with E-state index >= 15 is 0 Å². The van der Waals surface area contributed by atoms with E-state index in [1.54, 1.807) is 0 Å². The predicted molar refractivity (Wildman–Crippen MR) is 116 cm³/mol. The third kappa shape index (κ3) is 4.33. The van der Waals surface area contributed by atoms with E-state index in [9.17, 15) is 0 Å². The summed E-state index contributed by atoms with van der Waals surface area (Å²) in [6, 6.07) is 21.0. The third-order valence-electron chi connectivity index (χ3n) is 4.86. The second kappa shape index (κ2) is 8.30. The third-order valence-corrected chi connectivity index (χ3v) is 4.86. The molecule has 3 aromatic rings. The van der Waals surface area contributed by atoms with Gasteiger partial charge in [-0.05, 0) is 53.6 Å². The number of aliphatic imine (C=N–C) groups is 1. The second-order valence-corrected chi connectivity index (χ2v) is 7.59. The van der Waals surface area contributed by atoms with Crippen LogP contribution < -0.4 is 0 Å². The molecule has 1 heterocycles. The summed E-state index contributed by atoms with van der Waals surface area (Å²) in [5, 5.41) is 0. The van der Waals surface area contributed by atoms with Crippen molar-refractivity contribution in [3.63, 3.8) is 0 Å². The average molecular weight is 357 g/mol. The van der Waals surface area contributed by atoms with Crippen LogP contribution >= 0.6 is 0 Å². The molecule has 0 unspecified atom stereocenters. The Morgan fingerprint density at radius 1 is 0.815 bits per heavy atom. The van der Waals surface area contributed by atoms with Crippen LogP contribution in [0.1, 0.15) is 63.1 Å². The first kappa shape index (κ1) is 19.0. The number of hydrogen-bond acceptors (Lipinski definition) is 2. The number of benzene rings is 2. The Morgan fingerprint density at radius 2 is 1.48 bits per heavy atom. The lowest BCUT2D eigenvalue weighted by Gasteiger charge is -2.17. The summed E-state index contributed by atoms with van der Waals surface area (Å²) in [6.07, 6.45) is 1.83. The van der Waals surface area contributed by atoms with Crippen molar-refractivity contribution >= 4 is 11.4 Å². The van der Waals surface area contributed by atoms with Gasteiger partial charge < -0.3 is 0 Å². The van der Waals surface area contributed by atoms with E-state index in [2.05, 4.69) is 82.1 Å². The van der Waals surface area contributed by atoms with Crippen LogP contribution in [0.5, 0.6) is 0 Å². The molecule has 0 spiro atoms. The largest absolute Gasteiger partial charge is 0.256 e. The molecule has 0 saturated carbocycles. The summed E-state index contributed by atoms with van der Waals surface area (Å²) in [7, 11) is 0. The Morgan fingerprint density at radius 3 is 2.07 bits per heavy atom. The summed E-state index contributed by atoms with van der Waals surface area (Å²) in [4.78, 5) is 9.57. The van der Waals surface area contributed by atoms with Gasteiger partial charge >= 0.3 is 0 Å². The molecule has 0 aliphatic carbocycles. The van der Waals surface area contributed by atoms with Crippen molar-refractivity contribution in [2.24, 2.45) is 4.99 Å². The molecule has 2 nitrogen and oxygen atoms in total. The fourth-order valence-electron chi connectivity index (χ4n) is 3.31. The van der Waals surface area contributed by atoms with Gasteiger partial charge in [-0.25, -0.2) is 0 Å². The first-order valence-electron chi connectivity index (χ1n) is 9.67. The van der Waals surface area contributed by atoms with Crippen molar-refractivity contribution in [1.29, 1.82) is 0 Å².